The van der Waals surface area contributed by atoms with Crippen molar-refractivity contribution in [1.29, 1.82) is 0 Å². The molecule has 1 heterocycles. The van der Waals surface area contributed by atoms with Crippen LogP contribution >= 0.6 is 0 Å². The SMILES string of the molecule is CC(C)CCN(C(=O)N1CCCC1C(=O)O)C1CC1. The number of hydrogen-bond acceptors (Lipinski definition) is 2. The van der Waals surface area contributed by atoms with Gasteiger partial charge in [0.25, 0.3) is 0 Å². The Morgan fingerprint density at radius 3 is 2.53 bits per heavy atom. The molecule has 108 valence electrons. The van der Waals surface area contributed by atoms with E-state index in [1.54, 1.807) is 4.90 Å². The van der Waals surface area contributed by atoms with Crippen LogP contribution in [-0.2, 0) is 4.79 Å². The zero-order valence-corrected chi connectivity index (χ0v) is 11.8. The van der Waals surface area contributed by atoms with Gasteiger partial charge in [0.1, 0.15) is 6.04 Å². The van der Waals surface area contributed by atoms with Crippen molar-refractivity contribution in [3.63, 3.8) is 0 Å². The fourth-order valence-corrected chi connectivity index (χ4v) is 2.64. The van der Waals surface area contributed by atoms with E-state index in [1.807, 2.05) is 4.90 Å². The lowest BCUT2D eigenvalue weighted by Gasteiger charge is -2.31. The zero-order chi connectivity index (χ0) is 14.0. The molecule has 1 N–H and O–H groups in total. The summed E-state index contributed by atoms with van der Waals surface area (Å²) < 4.78 is 0. The van der Waals surface area contributed by atoms with E-state index >= 15 is 0 Å². The average molecular weight is 268 g/mol. The number of aliphatic carboxylic acids is 1. The number of hydrogen-bond donors (Lipinski definition) is 1. The number of nitrogens with zero attached hydrogens (tertiary/aromatic N) is 2. The van der Waals surface area contributed by atoms with Gasteiger partial charge in [0.15, 0.2) is 0 Å². The molecule has 2 amide bonds. The predicted octanol–water partition coefficient (Wildman–Crippen LogP) is 2.17. The van der Waals surface area contributed by atoms with Crippen molar-refractivity contribution in [2.45, 2.75) is 58.0 Å². The first kappa shape index (κ1) is 14.2. The molecule has 5 heteroatoms. The van der Waals surface area contributed by atoms with Gasteiger partial charge in [-0.1, -0.05) is 13.8 Å². The molecule has 19 heavy (non-hydrogen) atoms. The van der Waals surface area contributed by atoms with Crippen LogP contribution in [0, 0.1) is 5.92 Å². The molecule has 2 aliphatic rings. The molecule has 0 aromatic carbocycles. The number of likely N-dealkylation sites (tertiary alicyclic amines) is 1. The van der Waals surface area contributed by atoms with E-state index in [0.717, 1.165) is 32.2 Å². The minimum absolute atomic E-state index is 0.0620. The lowest BCUT2D eigenvalue weighted by Crippen LogP contribution is -2.49. The molecule has 0 aromatic heterocycles. The van der Waals surface area contributed by atoms with Crippen LogP contribution in [-0.4, -0.2) is 52.1 Å². The standard InChI is InChI=1S/C14H24N2O3/c1-10(2)7-9-15(11-5-6-11)14(19)16-8-3-4-12(16)13(17)18/h10-12H,3-9H2,1-2H3,(H,17,18). The molecule has 0 bridgehead atoms. The average Bonchev–Trinajstić information content (AvgIpc) is 3.04. The van der Waals surface area contributed by atoms with Gasteiger partial charge >= 0.3 is 12.0 Å². The number of rotatable bonds is 5. The second kappa shape index (κ2) is 5.80. The number of amides is 2. The summed E-state index contributed by atoms with van der Waals surface area (Å²) in [4.78, 5) is 27.2. The highest BCUT2D eigenvalue weighted by Gasteiger charge is 2.40. The summed E-state index contributed by atoms with van der Waals surface area (Å²) in [6, 6.07) is -0.331. The Hall–Kier alpha value is -1.26. The quantitative estimate of drug-likeness (QED) is 0.831. The van der Waals surface area contributed by atoms with Crippen molar-refractivity contribution in [1.82, 2.24) is 9.80 Å². The molecule has 1 saturated heterocycles. The van der Waals surface area contributed by atoms with Gasteiger partial charge in [-0.15, -0.1) is 0 Å². The van der Waals surface area contributed by atoms with Gasteiger partial charge in [0.05, 0.1) is 0 Å². The third kappa shape index (κ3) is 3.39. The van der Waals surface area contributed by atoms with Crippen LogP contribution in [0.4, 0.5) is 4.79 Å². The van der Waals surface area contributed by atoms with Gasteiger partial charge < -0.3 is 14.9 Å². The predicted molar refractivity (Wildman–Crippen MR) is 71.9 cm³/mol. The molecule has 1 aliphatic carbocycles. The van der Waals surface area contributed by atoms with Crippen molar-refractivity contribution in [2.75, 3.05) is 13.1 Å². The Labute approximate surface area is 114 Å². The topological polar surface area (TPSA) is 60.9 Å². The van der Waals surface area contributed by atoms with Gasteiger partial charge in [-0.3, -0.25) is 0 Å². The maximum Gasteiger partial charge on any atom is 0.326 e. The normalized spacial score (nSPS) is 22.9. The molecule has 2 fully saturated rings. The first-order valence-corrected chi connectivity index (χ1v) is 7.30. The molecule has 0 aromatic rings. The lowest BCUT2D eigenvalue weighted by molar-refractivity contribution is -0.141. The number of carboxylic acid groups (broad SMARTS) is 1. The lowest BCUT2D eigenvalue weighted by atomic mass is 10.1. The van der Waals surface area contributed by atoms with Gasteiger partial charge in [0.2, 0.25) is 0 Å². The fraction of sp³-hybridized carbons (Fsp3) is 0.857. The van der Waals surface area contributed by atoms with Gasteiger partial charge in [-0.05, 0) is 38.0 Å². The molecule has 1 unspecified atom stereocenters. The second-order valence-corrected chi connectivity index (χ2v) is 6.08. The van der Waals surface area contributed by atoms with E-state index in [1.165, 1.54) is 0 Å². The van der Waals surface area contributed by atoms with Crippen molar-refractivity contribution < 1.29 is 14.7 Å². The first-order chi connectivity index (χ1) is 9.00. The van der Waals surface area contributed by atoms with Gasteiger partial charge in [-0.2, -0.15) is 0 Å². The Kier molecular flexibility index (Phi) is 4.32. The second-order valence-electron chi connectivity index (χ2n) is 6.08. The van der Waals surface area contributed by atoms with Crippen molar-refractivity contribution in [3.05, 3.63) is 0 Å². The smallest absolute Gasteiger partial charge is 0.326 e. The van der Waals surface area contributed by atoms with Crippen LogP contribution < -0.4 is 0 Å². The van der Waals surface area contributed by atoms with E-state index in [-0.39, 0.29) is 6.03 Å². The molecule has 2 rings (SSSR count). The number of carbonyl (C=O) groups excluding carboxylic acids is 1. The number of carbonyl (C=O) groups is 2. The molecule has 1 saturated carbocycles. The highest BCUT2D eigenvalue weighted by molar-refractivity contribution is 5.83. The van der Waals surface area contributed by atoms with Crippen LogP contribution in [0.25, 0.3) is 0 Å². The Morgan fingerprint density at radius 1 is 1.32 bits per heavy atom. The van der Waals surface area contributed by atoms with Crippen molar-refractivity contribution >= 4 is 12.0 Å². The highest BCUT2D eigenvalue weighted by atomic mass is 16.4. The summed E-state index contributed by atoms with van der Waals surface area (Å²) in [5.41, 5.74) is 0. The monoisotopic (exact) mass is 268 g/mol. The zero-order valence-electron chi connectivity index (χ0n) is 11.8. The molecular weight excluding hydrogens is 244 g/mol. The van der Waals surface area contributed by atoms with Crippen LogP contribution in [0.5, 0.6) is 0 Å². The number of urea groups is 1. The van der Waals surface area contributed by atoms with Crippen molar-refractivity contribution in [2.24, 2.45) is 5.92 Å². The van der Waals surface area contributed by atoms with E-state index in [2.05, 4.69) is 13.8 Å². The molecule has 0 spiro atoms. The Balaban J connectivity index is 2.00. The number of carboxylic acids is 1. The van der Waals surface area contributed by atoms with E-state index in [9.17, 15) is 14.7 Å². The maximum atomic E-state index is 12.5. The van der Waals surface area contributed by atoms with Crippen LogP contribution in [0.15, 0.2) is 0 Å². The van der Waals surface area contributed by atoms with Crippen LogP contribution in [0.1, 0.15) is 46.0 Å². The van der Waals surface area contributed by atoms with E-state index in [0.29, 0.717) is 24.9 Å². The van der Waals surface area contributed by atoms with E-state index < -0.39 is 12.0 Å². The van der Waals surface area contributed by atoms with Crippen molar-refractivity contribution in [3.8, 4) is 0 Å². The first-order valence-electron chi connectivity index (χ1n) is 7.30. The third-order valence-corrected chi connectivity index (χ3v) is 3.96. The summed E-state index contributed by atoms with van der Waals surface area (Å²) >= 11 is 0. The van der Waals surface area contributed by atoms with Crippen LogP contribution in [0.3, 0.4) is 0 Å². The Bertz CT molecular complexity index is 353. The molecular formula is C14H24N2O3. The largest absolute Gasteiger partial charge is 0.480 e. The highest BCUT2D eigenvalue weighted by Crippen LogP contribution is 2.30. The maximum absolute atomic E-state index is 12.5. The van der Waals surface area contributed by atoms with Gasteiger partial charge in [0, 0.05) is 19.1 Å². The minimum Gasteiger partial charge on any atom is -0.480 e. The van der Waals surface area contributed by atoms with Crippen LogP contribution in [0.2, 0.25) is 0 Å². The third-order valence-electron chi connectivity index (χ3n) is 3.96. The summed E-state index contributed by atoms with van der Waals surface area (Å²) in [5.74, 6) is -0.312. The van der Waals surface area contributed by atoms with E-state index in [4.69, 9.17) is 0 Å². The molecule has 5 nitrogen and oxygen atoms in total. The molecule has 0 radical (unpaired) electrons. The Morgan fingerprint density at radius 2 is 2.00 bits per heavy atom. The minimum atomic E-state index is -0.870. The summed E-state index contributed by atoms with van der Waals surface area (Å²) in [6.45, 7) is 5.63. The molecule has 1 aliphatic heterocycles. The summed E-state index contributed by atoms with van der Waals surface area (Å²) in [5, 5.41) is 9.17. The molecule has 1 atom stereocenters. The summed E-state index contributed by atoms with van der Waals surface area (Å²) in [6.07, 6.45) is 4.49. The fourth-order valence-electron chi connectivity index (χ4n) is 2.64. The van der Waals surface area contributed by atoms with Gasteiger partial charge in [-0.25, -0.2) is 9.59 Å². The summed E-state index contributed by atoms with van der Waals surface area (Å²) in [7, 11) is 0.